The van der Waals surface area contributed by atoms with Gasteiger partial charge in [-0.25, -0.2) is 13.2 Å². The molecule has 2 aliphatic carbocycles. The first-order valence-electron chi connectivity index (χ1n) is 17.8. The summed E-state index contributed by atoms with van der Waals surface area (Å²) in [6.45, 7) is 10.9. The van der Waals surface area contributed by atoms with E-state index in [1.54, 1.807) is 53.8 Å². The first-order chi connectivity index (χ1) is 24.4. The molecule has 2 N–H and O–H groups in total. The van der Waals surface area contributed by atoms with Crippen LogP contribution in [-0.2, 0) is 41.2 Å². The molecule has 1 heterocycles. The molecule has 13 heteroatoms. The number of rotatable bonds is 16. The quantitative estimate of drug-likeness (QED) is 0.111. The third-order valence-electron chi connectivity index (χ3n) is 8.43. The number of esters is 1. The topological polar surface area (TPSA) is 142 Å². The average molecular weight is 756 g/mol. The van der Waals surface area contributed by atoms with E-state index in [0.29, 0.717) is 24.9 Å². The largest absolute Gasteiger partial charge is 0.490 e. The summed E-state index contributed by atoms with van der Waals surface area (Å²) < 4.78 is 53.2. The Balaban J connectivity index is 1.24. The van der Waals surface area contributed by atoms with Gasteiger partial charge in [0.15, 0.2) is 0 Å². The van der Waals surface area contributed by atoms with Gasteiger partial charge in [-0.15, -0.1) is 0 Å². The monoisotopic (exact) mass is 755 g/mol. The second-order valence-corrected chi connectivity index (χ2v) is 17.5. The Kier molecular flexibility index (Phi) is 12.2. The van der Waals surface area contributed by atoms with Crippen molar-refractivity contribution in [3.8, 4) is 16.9 Å². The molecule has 11 nitrogen and oxygen atoms in total. The fourth-order valence-corrected chi connectivity index (χ4v) is 7.16. The van der Waals surface area contributed by atoms with Gasteiger partial charge in [0.05, 0.1) is 23.2 Å². The lowest BCUT2D eigenvalue weighted by atomic mass is 9.96. The van der Waals surface area contributed by atoms with Crippen molar-refractivity contribution >= 4 is 33.7 Å². The molecular formula is C39H50ClN3O8S. The zero-order valence-electron chi connectivity index (χ0n) is 30.8. The third kappa shape index (κ3) is 11.1. The molecule has 0 radical (unpaired) electrons. The minimum Gasteiger partial charge on any atom is -0.490 e. The van der Waals surface area contributed by atoms with E-state index < -0.39 is 44.9 Å². The summed E-state index contributed by atoms with van der Waals surface area (Å²) >= 11 is 6.67. The lowest BCUT2D eigenvalue weighted by Crippen LogP contribution is -2.44. The molecule has 282 valence electrons. The Hall–Kier alpha value is -3.71. The van der Waals surface area contributed by atoms with Crippen molar-refractivity contribution in [2.24, 2.45) is 0 Å². The predicted octanol–water partition coefficient (Wildman–Crippen LogP) is 7.83. The highest BCUT2D eigenvalue weighted by Crippen LogP contribution is 2.53. The van der Waals surface area contributed by atoms with Crippen LogP contribution in [0.15, 0.2) is 65.8 Å². The van der Waals surface area contributed by atoms with Crippen LogP contribution in [0.2, 0.25) is 5.02 Å². The van der Waals surface area contributed by atoms with E-state index in [1.165, 1.54) is 12.1 Å². The number of halogens is 1. The summed E-state index contributed by atoms with van der Waals surface area (Å²) in [5.41, 5.74) is 1.57. The lowest BCUT2D eigenvalue weighted by Gasteiger charge is -2.25. The van der Waals surface area contributed by atoms with Gasteiger partial charge < -0.3 is 24.3 Å². The van der Waals surface area contributed by atoms with Crippen molar-refractivity contribution in [3.05, 3.63) is 77.1 Å². The van der Waals surface area contributed by atoms with Gasteiger partial charge in [-0.2, -0.15) is 4.72 Å². The number of unbranched alkanes of at least 4 members (excludes halogenated alkanes) is 1. The van der Waals surface area contributed by atoms with Crippen LogP contribution in [0.4, 0.5) is 4.79 Å². The molecule has 1 amide bonds. The zero-order chi connectivity index (χ0) is 37.7. The summed E-state index contributed by atoms with van der Waals surface area (Å²) in [7, 11) is -4.18. The van der Waals surface area contributed by atoms with Crippen LogP contribution in [0.3, 0.4) is 0 Å². The molecule has 0 unspecified atom stereocenters. The molecule has 0 aliphatic heterocycles. The number of ether oxygens (including phenoxy) is 4. The first-order valence-corrected chi connectivity index (χ1v) is 19.7. The van der Waals surface area contributed by atoms with Gasteiger partial charge in [-0.1, -0.05) is 35.9 Å². The number of carbonyl (C=O) groups excluding carboxylic acids is 2. The molecular weight excluding hydrogens is 706 g/mol. The van der Waals surface area contributed by atoms with Crippen LogP contribution >= 0.6 is 11.6 Å². The van der Waals surface area contributed by atoms with E-state index in [2.05, 4.69) is 15.0 Å². The van der Waals surface area contributed by atoms with Gasteiger partial charge in [0.2, 0.25) is 10.0 Å². The number of hydrogen-bond donors (Lipinski definition) is 2. The van der Waals surface area contributed by atoms with Crippen LogP contribution < -0.4 is 14.8 Å². The Labute approximate surface area is 312 Å². The summed E-state index contributed by atoms with van der Waals surface area (Å²) in [6, 6.07) is 13.3. The Morgan fingerprint density at radius 3 is 2.33 bits per heavy atom. The van der Waals surface area contributed by atoms with Crippen molar-refractivity contribution in [2.45, 2.75) is 127 Å². The molecule has 5 rings (SSSR count). The SMILES string of the molecule is CC(C)(C)OC(=O)NCCCC[C@H](NS(=O)(=O)c1ccc(COC2(c3cnccc3-c3ccccc3OC3CC3)CC2)c(Cl)c1)C(=O)OC(C)(C)C. The maximum Gasteiger partial charge on any atom is 0.407 e. The van der Waals surface area contributed by atoms with Gasteiger partial charge >= 0.3 is 12.1 Å². The van der Waals surface area contributed by atoms with Crippen LogP contribution in [0.5, 0.6) is 5.75 Å². The number of benzene rings is 2. The van der Waals surface area contributed by atoms with Gasteiger partial charge in [0, 0.05) is 35.1 Å². The van der Waals surface area contributed by atoms with Crippen LogP contribution in [0.1, 0.15) is 97.6 Å². The fraction of sp³-hybridized carbons (Fsp3) is 0.513. The highest BCUT2D eigenvalue weighted by molar-refractivity contribution is 7.89. The van der Waals surface area contributed by atoms with E-state index in [9.17, 15) is 18.0 Å². The number of nitrogens with zero attached hydrogens (tertiary/aromatic N) is 1. The molecule has 0 saturated heterocycles. The Morgan fingerprint density at radius 2 is 1.67 bits per heavy atom. The lowest BCUT2D eigenvalue weighted by molar-refractivity contribution is -0.157. The Bertz CT molecular complexity index is 1850. The molecule has 0 bridgehead atoms. The van der Waals surface area contributed by atoms with E-state index in [4.69, 9.17) is 30.5 Å². The maximum atomic E-state index is 13.6. The summed E-state index contributed by atoms with van der Waals surface area (Å²) in [5, 5.41) is 2.89. The smallest absolute Gasteiger partial charge is 0.407 e. The number of aromatic nitrogens is 1. The highest BCUT2D eigenvalue weighted by Gasteiger charge is 2.48. The molecule has 2 aromatic carbocycles. The number of hydrogen-bond acceptors (Lipinski definition) is 9. The summed E-state index contributed by atoms with van der Waals surface area (Å²) in [4.78, 5) is 29.4. The number of carbonyl (C=O) groups is 2. The zero-order valence-corrected chi connectivity index (χ0v) is 32.4. The van der Waals surface area contributed by atoms with Crippen molar-refractivity contribution in [1.82, 2.24) is 15.0 Å². The number of nitrogens with one attached hydrogen (secondary N) is 2. The predicted molar refractivity (Wildman–Crippen MR) is 199 cm³/mol. The van der Waals surface area contributed by atoms with E-state index in [0.717, 1.165) is 48.1 Å². The van der Waals surface area contributed by atoms with Gasteiger partial charge in [-0.3, -0.25) is 9.78 Å². The molecule has 2 saturated carbocycles. The standard InChI is InChI=1S/C39H50ClN3O8S/c1-37(2,3)50-35(44)33(12-9-10-21-42-36(45)51-38(4,5)6)43-52(46,47)28-17-14-26(32(40)23-28)25-48-39(19-20-39)31-24-41-22-18-29(31)30-11-7-8-13-34(30)49-27-15-16-27/h7-8,11,13-14,17-18,22-24,27,33,43H,9-10,12,15-16,19-21,25H2,1-6H3,(H,42,45)/t33-/m0/s1. The third-order valence-corrected chi connectivity index (χ3v) is 10.2. The molecule has 0 spiro atoms. The Morgan fingerprint density at radius 1 is 0.962 bits per heavy atom. The molecule has 2 aliphatic rings. The fourth-order valence-electron chi connectivity index (χ4n) is 5.61. The molecule has 52 heavy (non-hydrogen) atoms. The highest BCUT2D eigenvalue weighted by atomic mass is 35.5. The van der Waals surface area contributed by atoms with Crippen molar-refractivity contribution in [3.63, 3.8) is 0 Å². The average Bonchev–Trinajstić information content (AvgIpc) is 4.00. The second-order valence-electron chi connectivity index (χ2n) is 15.4. The number of sulfonamides is 1. The van der Waals surface area contributed by atoms with Gasteiger partial charge in [0.25, 0.3) is 0 Å². The van der Waals surface area contributed by atoms with E-state index in [-0.39, 0.29) is 29.0 Å². The van der Waals surface area contributed by atoms with Crippen molar-refractivity contribution in [1.29, 1.82) is 0 Å². The molecule has 1 aromatic heterocycles. The van der Waals surface area contributed by atoms with Crippen molar-refractivity contribution < 1.29 is 37.0 Å². The van der Waals surface area contributed by atoms with Gasteiger partial charge in [-0.05, 0) is 122 Å². The van der Waals surface area contributed by atoms with Gasteiger partial charge in [0.1, 0.15) is 23.0 Å². The second kappa shape index (κ2) is 16.1. The first kappa shape index (κ1) is 39.5. The number of pyridine rings is 1. The normalized spacial score (nSPS) is 16.1. The number of para-hydroxylation sites is 1. The molecule has 3 aromatic rings. The van der Waals surface area contributed by atoms with Crippen LogP contribution in [0, 0.1) is 0 Å². The van der Waals surface area contributed by atoms with Crippen molar-refractivity contribution in [2.75, 3.05) is 6.54 Å². The minimum absolute atomic E-state index is 0.0932. The maximum absolute atomic E-state index is 13.6. The summed E-state index contributed by atoms with van der Waals surface area (Å²) in [5.74, 6) is 0.143. The van der Waals surface area contributed by atoms with E-state index >= 15 is 0 Å². The molecule has 2 fully saturated rings. The number of alkyl carbamates (subject to hydrolysis) is 1. The van der Waals surface area contributed by atoms with Crippen LogP contribution in [-0.4, -0.2) is 55.4 Å². The summed E-state index contributed by atoms with van der Waals surface area (Å²) in [6.07, 6.45) is 8.11. The minimum atomic E-state index is -4.18. The van der Waals surface area contributed by atoms with Crippen LogP contribution in [0.25, 0.3) is 11.1 Å². The number of amides is 1. The van der Waals surface area contributed by atoms with E-state index in [1.807, 2.05) is 36.5 Å². The molecule has 1 atom stereocenters.